The molecule has 0 aliphatic carbocycles. The van der Waals surface area contributed by atoms with E-state index >= 15 is 0 Å². The largest absolute Gasteiger partial charge is 0.416 e. The fourth-order valence-electron chi connectivity index (χ4n) is 3.28. The first-order chi connectivity index (χ1) is 12.8. The quantitative estimate of drug-likeness (QED) is 0.318. The van der Waals surface area contributed by atoms with Crippen LogP contribution in [0.4, 0.5) is 0 Å². The van der Waals surface area contributed by atoms with Crippen LogP contribution < -0.4 is 0 Å². The molecule has 0 spiro atoms. The Hall–Kier alpha value is -2.98. The van der Waals surface area contributed by atoms with Gasteiger partial charge in [-0.2, -0.15) is 0 Å². The maximum absolute atomic E-state index is 6.07. The molecule has 0 bridgehead atoms. The third-order valence-electron chi connectivity index (χ3n) is 4.50. The van der Waals surface area contributed by atoms with Gasteiger partial charge in [-0.05, 0) is 51.9 Å². The van der Waals surface area contributed by atoms with Crippen molar-refractivity contribution < 1.29 is 4.42 Å². The van der Waals surface area contributed by atoms with Crippen LogP contribution in [0.5, 0.6) is 0 Å². The van der Waals surface area contributed by atoms with Crippen LogP contribution in [-0.4, -0.2) is 10.2 Å². The molecule has 0 saturated carbocycles. The number of hydrogen-bond donors (Lipinski definition) is 0. The minimum Gasteiger partial charge on any atom is -0.416 e. The normalized spacial score (nSPS) is 11.3. The maximum Gasteiger partial charge on any atom is 0.249 e. The summed E-state index contributed by atoms with van der Waals surface area (Å²) in [5.74, 6) is 1.06. The molecule has 4 heteroatoms. The Morgan fingerprint density at radius 1 is 0.654 bits per heavy atom. The van der Waals surface area contributed by atoms with Gasteiger partial charge < -0.3 is 4.42 Å². The molecule has 5 rings (SSSR count). The molecule has 0 aliphatic heterocycles. The standard InChI is InChI=1S/C22H13BrN2O/c23-17-11-9-14(10-12-17)21-24-25-22(26-21)20-18-7-3-1-5-15(18)13-16-6-2-4-8-19(16)20/h1-13H. The van der Waals surface area contributed by atoms with Gasteiger partial charge in [0.25, 0.3) is 0 Å². The Bertz CT molecular complexity index is 1190. The summed E-state index contributed by atoms with van der Waals surface area (Å²) in [6.07, 6.45) is 0. The molecule has 0 N–H and O–H groups in total. The van der Waals surface area contributed by atoms with E-state index in [0.717, 1.165) is 37.1 Å². The van der Waals surface area contributed by atoms with Gasteiger partial charge in [-0.1, -0.05) is 64.5 Å². The van der Waals surface area contributed by atoms with Crippen molar-refractivity contribution in [2.24, 2.45) is 0 Å². The fraction of sp³-hybridized carbons (Fsp3) is 0. The molecule has 0 unspecified atom stereocenters. The first kappa shape index (κ1) is 15.3. The van der Waals surface area contributed by atoms with E-state index in [0.29, 0.717) is 11.8 Å². The van der Waals surface area contributed by atoms with Gasteiger partial charge in [0.2, 0.25) is 11.8 Å². The molecular formula is C22H13BrN2O. The summed E-state index contributed by atoms with van der Waals surface area (Å²) in [6.45, 7) is 0. The molecule has 4 aromatic carbocycles. The molecule has 0 saturated heterocycles. The van der Waals surface area contributed by atoms with E-state index < -0.39 is 0 Å². The third-order valence-corrected chi connectivity index (χ3v) is 5.03. The Morgan fingerprint density at radius 3 is 1.88 bits per heavy atom. The van der Waals surface area contributed by atoms with Crippen LogP contribution in [0.3, 0.4) is 0 Å². The van der Waals surface area contributed by atoms with Crippen molar-refractivity contribution in [2.45, 2.75) is 0 Å². The fourth-order valence-corrected chi connectivity index (χ4v) is 3.54. The topological polar surface area (TPSA) is 38.9 Å². The molecule has 0 radical (unpaired) electrons. The van der Waals surface area contributed by atoms with E-state index in [1.54, 1.807) is 0 Å². The van der Waals surface area contributed by atoms with E-state index in [9.17, 15) is 0 Å². The highest BCUT2D eigenvalue weighted by Crippen LogP contribution is 2.36. The molecule has 1 heterocycles. The average molecular weight is 401 g/mol. The number of benzene rings is 4. The highest BCUT2D eigenvalue weighted by molar-refractivity contribution is 9.10. The van der Waals surface area contributed by atoms with Crippen LogP contribution in [0.1, 0.15) is 0 Å². The van der Waals surface area contributed by atoms with Crippen molar-refractivity contribution in [3.63, 3.8) is 0 Å². The molecule has 0 fully saturated rings. The van der Waals surface area contributed by atoms with Gasteiger partial charge in [-0.3, -0.25) is 0 Å². The SMILES string of the molecule is Brc1ccc(-c2nnc(-c3c4ccccc4cc4ccccc34)o2)cc1. The lowest BCUT2D eigenvalue weighted by molar-refractivity contribution is 0.586. The number of hydrogen-bond acceptors (Lipinski definition) is 3. The lowest BCUT2D eigenvalue weighted by Crippen LogP contribution is -1.85. The molecule has 124 valence electrons. The molecule has 0 atom stereocenters. The van der Waals surface area contributed by atoms with Crippen molar-refractivity contribution in [1.29, 1.82) is 0 Å². The summed E-state index contributed by atoms with van der Waals surface area (Å²) in [5, 5.41) is 13.2. The number of rotatable bonds is 2. The van der Waals surface area contributed by atoms with Crippen LogP contribution in [0, 0.1) is 0 Å². The Morgan fingerprint density at radius 2 is 1.23 bits per heavy atom. The van der Waals surface area contributed by atoms with Crippen LogP contribution >= 0.6 is 15.9 Å². The van der Waals surface area contributed by atoms with Crippen molar-refractivity contribution in [3.8, 4) is 22.9 Å². The lowest BCUT2D eigenvalue weighted by Gasteiger charge is -2.08. The van der Waals surface area contributed by atoms with Gasteiger partial charge in [-0.25, -0.2) is 0 Å². The van der Waals surface area contributed by atoms with Gasteiger partial charge in [0, 0.05) is 10.0 Å². The average Bonchev–Trinajstić information content (AvgIpc) is 3.16. The molecule has 1 aromatic heterocycles. The number of fused-ring (bicyclic) bond motifs is 2. The summed E-state index contributed by atoms with van der Waals surface area (Å²) in [6, 6.07) is 26.6. The summed E-state index contributed by atoms with van der Waals surface area (Å²) in [4.78, 5) is 0. The zero-order valence-electron chi connectivity index (χ0n) is 13.7. The summed E-state index contributed by atoms with van der Waals surface area (Å²) in [5.41, 5.74) is 1.88. The Labute approximate surface area is 158 Å². The smallest absolute Gasteiger partial charge is 0.249 e. The zero-order valence-corrected chi connectivity index (χ0v) is 15.3. The van der Waals surface area contributed by atoms with Gasteiger partial charge in [0.1, 0.15) is 0 Å². The van der Waals surface area contributed by atoms with E-state index in [4.69, 9.17) is 4.42 Å². The van der Waals surface area contributed by atoms with Gasteiger partial charge in [0.15, 0.2) is 0 Å². The summed E-state index contributed by atoms with van der Waals surface area (Å²) >= 11 is 3.45. The van der Waals surface area contributed by atoms with Gasteiger partial charge >= 0.3 is 0 Å². The molecule has 5 aromatic rings. The minimum atomic E-state index is 0.518. The van der Waals surface area contributed by atoms with E-state index in [-0.39, 0.29) is 0 Å². The summed E-state index contributed by atoms with van der Waals surface area (Å²) in [7, 11) is 0. The van der Waals surface area contributed by atoms with Crippen molar-refractivity contribution in [1.82, 2.24) is 10.2 Å². The number of halogens is 1. The van der Waals surface area contributed by atoms with Gasteiger partial charge in [0.05, 0.1) is 5.56 Å². The molecule has 0 aliphatic rings. The lowest BCUT2D eigenvalue weighted by atomic mass is 9.97. The van der Waals surface area contributed by atoms with Gasteiger partial charge in [-0.15, -0.1) is 10.2 Å². The van der Waals surface area contributed by atoms with Crippen molar-refractivity contribution in [2.75, 3.05) is 0 Å². The number of nitrogens with zero attached hydrogens (tertiary/aromatic N) is 2. The second kappa shape index (κ2) is 6.07. The van der Waals surface area contributed by atoms with E-state index in [2.05, 4.69) is 56.5 Å². The highest BCUT2D eigenvalue weighted by atomic mass is 79.9. The van der Waals surface area contributed by atoms with Crippen LogP contribution in [0.15, 0.2) is 87.8 Å². The minimum absolute atomic E-state index is 0.518. The zero-order chi connectivity index (χ0) is 17.5. The van der Waals surface area contributed by atoms with E-state index in [1.165, 1.54) is 0 Å². The van der Waals surface area contributed by atoms with Crippen LogP contribution in [0.25, 0.3) is 44.5 Å². The third kappa shape index (κ3) is 2.50. The first-order valence-corrected chi connectivity index (χ1v) is 9.09. The molecular weight excluding hydrogens is 388 g/mol. The first-order valence-electron chi connectivity index (χ1n) is 8.30. The van der Waals surface area contributed by atoms with Crippen molar-refractivity contribution >= 4 is 37.5 Å². The number of aromatic nitrogens is 2. The van der Waals surface area contributed by atoms with Crippen molar-refractivity contribution in [3.05, 3.63) is 83.3 Å². The summed E-state index contributed by atoms with van der Waals surface area (Å²) < 4.78 is 7.09. The molecule has 3 nitrogen and oxygen atoms in total. The maximum atomic E-state index is 6.07. The van der Waals surface area contributed by atoms with Crippen LogP contribution in [-0.2, 0) is 0 Å². The predicted molar refractivity (Wildman–Crippen MR) is 108 cm³/mol. The second-order valence-electron chi connectivity index (χ2n) is 6.11. The monoisotopic (exact) mass is 400 g/mol. The Balaban J connectivity index is 1.77. The predicted octanol–water partition coefficient (Wildman–Crippen LogP) is 6.47. The highest BCUT2D eigenvalue weighted by Gasteiger charge is 2.16. The van der Waals surface area contributed by atoms with E-state index in [1.807, 2.05) is 48.5 Å². The molecule has 0 amide bonds. The second-order valence-corrected chi connectivity index (χ2v) is 7.03. The molecule has 26 heavy (non-hydrogen) atoms. The Kier molecular flexibility index (Phi) is 3.57. The van der Waals surface area contributed by atoms with Crippen LogP contribution in [0.2, 0.25) is 0 Å².